The van der Waals surface area contributed by atoms with Crippen LogP contribution < -0.4 is 5.73 Å². The Hall–Kier alpha value is -4.66. The van der Waals surface area contributed by atoms with E-state index < -0.39 is 30.1 Å². The third-order valence-electron chi connectivity index (χ3n) is 6.20. The zero-order valence-corrected chi connectivity index (χ0v) is 19.9. The molecule has 0 radical (unpaired) electrons. The van der Waals surface area contributed by atoms with Gasteiger partial charge >= 0.3 is 18.2 Å². The molecule has 3 N–H and O–H groups in total. The van der Waals surface area contributed by atoms with Crippen molar-refractivity contribution in [2.45, 2.75) is 31.4 Å². The zero-order chi connectivity index (χ0) is 26.4. The molecule has 0 unspecified atom stereocenters. The molecule has 190 valence electrons. The van der Waals surface area contributed by atoms with Gasteiger partial charge in [0.05, 0.1) is 0 Å². The van der Waals surface area contributed by atoms with Crippen molar-refractivity contribution < 1.29 is 33.8 Å². The molecule has 9 nitrogen and oxygen atoms in total. The highest BCUT2D eigenvalue weighted by Gasteiger charge is 2.38. The summed E-state index contributed by atoms with van der Waals surface area (Å²) in [6.07, 6.45) is -3.11. The SMILES string of the molecule is NC(=O)CC[C@@H](C(=O)O)N(C(=O)OCc1ccccc1)C(=O)OCC1c2ccccc2-c2ccccc21. The Morgan fingerprint density at radius 2 is 1.35 bits per heavy atom. The predicted octanol–water partition coefficient (Wildman–Crippen LogP) is 4.29. The smallest absolute Gasteiger partial charge is 0.420 e. The minimum Gasteiger partial charge on any atom is -0.480 e. The highest BCUT2D eigenvalue weighted by Crippen LogP contribution is 2.44. The van der Waals surface area contributed by atoms with Crippen molar-refractivity contribution in [3.8, 4) is 11.1 Å². The van der Waals surface area contributed by atoms with Gasteiger partial charge in [0.2, 0.25) is 5.91 Å². The molecule has 1 atom stereocenters. The van der Waals surface area contributed by atoms with Crippen LogP contribution in [0.5, 0.6) is 0 Å². The molecule has 0 saturated heterocycles. The summed E-state index contributed by atoms with van der Waals surface area (Å²) in [5.41, 5.74) is 9.77. The Bertz CT molecular complexity index is 1260. The van der Waals surface area contributed by atoms with E-state index in [0.717, 1.165) is 22.3 Å². The van der Waals surface area contributed by atoms with E-state index in [1.54, 1.807) is 30.3 Å². The number of nitrogens with two attached hydrogens (primary N) is 1. The minimum absolute atomic E-state index is 0.127. The van der Waals surface area contributed by atoms with Crippen LogP contribution in [0.1, 0.15) is 35.4 Å². The third kappa shape index (κ3) is 5.78. The van der Waals surface area contributed by atoms with Gasteiger partial charge in [-0.1, -0.05) is 78.9 Å². The van der Waals surface area contributed by atoms with E-state index in [0.29, 0.717) is 10.5 Å². The van der Waals surface area contributed by atoms with E-state index in [2.05, 4.69) is 0 Å². The van der Waals surface area contributed by atoms with Crippen LogP contribution in [-0.4, -0.2) is 46.7 Å². The fourth-order valence-corrected chi connectivity index (χ4v) is 4.42. The van der Waals surface area contributed by atoms with E-state index in [1.807, 2.05) is 48.5 Å². The summed E-state index contributed by atoms with van der Waals surface area (Å²) in [5, 5.41) is 9.77. The summed E-state index contributed by atoms with van der Waals surface area (Å²) in [5.74, 6) is -2.56. The van der Waals surface area contributed by atoms with Crippen molar-refractivity contribution in [3.05, 3.63) is 95.6 Å². The molecule has 0 saturated carbocycles. The number of aliphatic carboxylic acids is 1. The number of primary amides is 1. The van der Waals surface area contributed by atoms with Crippen LogP contribution in [-0.2, 0) is 25.7 Å². The van der Waals surface area contributed by atoms with Crippen molar-refractivity contribution >= 4 is 24.1 Å². The maximum atomic E-state index is 13.2. The molecule has 0 fully saturated rings. The van der Waals surface area contributed by atoms with Crippen LogP contribution in [0.25, 0.3) is 11.1 Å². The molecule has 3 aromatic rings. The predicted molar refractivity (Wildman–Crippen MR) is 133 cm³/mol. The lowest BCUT2D eigenvalue weighted by Crippen LogP contribution is -2.49. The second-order valence-electron chi connectivity index (χ2n) is 8.57. The third-order valence-corrected chi connectivity index (χ3v) is 6.20. The van der Waals surface area contributed by atoms with Crippen molar-refractivity contribution in [1.29, 1.82) is 0 Å². The van der Waals surface area contributed by atoms with Gasteiger partial charge in [-0.25, -0.2) is 14.4 Å². The highest BCUT2D eigenvalue weighted by atomic mass is 16.6. The number of imide groups is 1. The summed E-state index contributed by atoms with van der Waals surface area (Å²) in [4.78, 5) is 49.9. The minimum atomic E-state index is -1.70. The van der Waals surface area contributed by atoms with Crippen LogP contribution in [0.3, 0.4) is 0 Å². The van der Waals surface area contributed by atoms with Crippen molar-refractivity contribution in [1.82, 2.24) is 4.90 Å². The summed E-state index contributed by atoms with van der Waals surface area (Å²) >= 11 is 0. The fraction of sp³-hybridized carbons (Fsp3) is 0.214. The van der Waals surface area contributed by atoms with E-state index in [-0.39, 0.29) is 32.0 Å². The van der Waals surface area contributed by atoms with Gasteiger partial charge in [0.1, 0.15) is 19.3 Å². The number of nitrogens with zero attached hydrogens (tertiary/aromatic N) is 1. The Labute approximate surface area is 213 Å². The van der Waals surface area contributed by atoms with Crippen LogP contribution in [0.15, 0.2) is 78.9 Å². The van der Waals surface area contributed by atoms with Crippen LogP contribution >= 0.6 is 0 Å². The first kappa shape index (κ1) is 25.4. The van der Waals surface area contributed by atoms with Crippen LogP contribution in [0.4, 0.5) is 9.59 Å². The first-order valence-electron chi connectivity index (χ1n) is 11.7. The normalized spacial score (nSPS) is 12.6. The summed E-state index contributed by atoms with van der Waals surface area (Å²) < 4.78 is 10.8. The number of ether oxygens (including phenoxy) is 2. The first-order valence-corrected chi connectivity index (χ1v) is 11.7. The number of carboxylic acids is 1. The largest absolute Gasteiger partial charge is 0.480 e. The number of benzene rings is 3. The van der Waals surface area contributed by atoms with Gasteiger partial charge in [0.15, 0.2) is 0 Å². The number of hydrogen-bond acceptors (Lipinski definition) is 6. The second kappa shape index (κ2) is 11.4. The average Bonchev–Trinajstić information content (AvgIpc) is 3.22. The number of carboxylic acid groups (broad SMARTS) is 1. The fourth-order valence-electron chi connectivity index (χ4n) is 4.42. The van der Waals surface area contributed by atoms with Crippen molar-refractivity contribution in [3.63, 3.8) is 0 Å². The van der Waals surface area contributed by atoms with Gasteiger partial charge in [0, 0.05) is 12.3 Å². The number of carbonyl (C=O) groups is 4. The van der Waals surface area contributed by atoms with Crippen LogP contribution in [0.2, 0.25) is 0 Å². The molecule has 1 aliphatic carbocycles. The number of hydrogen-bond donors (Lipinski definition) is 2. The van der Waals surface area contributed by atoms with E-state index in [9.17, 15) is 24.3 Å². The van der Waals surface area contributed by atoms with Crippen molar-refractivity contribution in [2.75, 3.05) is 6.61 Å². The lowest BCUT2D eigenvalue weighted by atomic mass is 9.98. The summed E-state index contributed by atoms with van der Waals surface area (Å²) in [6.45, 7) is -0.313. The van der Waals surface area contributed by atoms with Gasteiger partial charge in [-0.15, -0.1) is 0 Å². The second-order valence-corrected chi connectivity index (χ2v) is 8.57. The summed E-state index contributed by atoms with van der Waals surface area (Å²) in [6, 6.07) is 22.5. The van der Waals surface area contributed by atoms with E-state index in [4.69, 9.17) is 15.2 Å². The quantitative estimate of drug-likeness (QED) is 0.445. The standard InChI is InChI=1S/C28H26N2O7/c29-25(31)15-14-24(26(32)33)30(27(34)36-16-18-8-2-1-3-9-18)28(35)37-17-23-21-12-6-4-10-19(21)20-11-5-7-13-22(20)23/h1-13,23-24H,14-17H2,(H2,29,31)(H,32,33)/t24-/m0/s1. The number of fused-ring (bicyclic) bond motifs is 3. The molecule has 0 bridgehead atoms. The molecule has 0 aliphatic heterocycles. The van der Waals surface area contributed by atoms with Gasteiger partial charge in [-0.05, 0) is 34.2 Å². The first-order chi connectivity index (χ1) is 17.9. The van der Waals surface area contributed by atoms with Gasteiger partial charge in [0.25, 0.3) is 0 Å². The summed E-state index contributed by atoms with van der Waals surface area (Å²) in [7, 11) is 0. The topological polar surface area (TPSA) is 136 Å². The van der Waals surface area contributed by atoms with Gasteiger partial charge in [-0.2, -0.15) is 4.90 Å². The highest BCUT2D eigenvalue weighted by molar-refractivity contribution is 5.93. The molecule has 1 aliphatic rings. The molecule has 0 aromatic heterocycles. The average molecular weight is 503 g/mol. The maximum absolute atomic E-state index is 13.2. The Morgan fingerprint density at radius 3 is 1.92 bits per heavy atom. The molecule has 37 heavy (non-hydrogen) atoms. The Morgan fingerprint density at radius 1 is 0.811 bits per heavy atom. The number of carbonyl (C=O) groups excluding carboxylic acids is 3. The lowest BCUT2D eigenvalue weighted by Gasteiger charge is -2.26. The molecular weight excluding hydrogens is 476 g/mol. The van der Waals surface area contributed by atoms with Gasteiger partial charge < -0.3 is 20.3 Å². The Kier molecular flexibility index (Phi) is 7.83. The zero-order valence-electron chi connectivity index (χ0n) is 19.9. The molecule has 3 aromatic carbocycles. The van der Waals surface area contributed by atoms with E-state index >= 15 is 0 Å². The maximum Gasteiger partial charge on any atom is 0.420 e. The Balaban J connectivity index is 1.55. The molecule has 9 heteroatoms. The molecule has 0 spiro atoms. The number of amides is 3. The molecule has 0 heterocycles. The molecule has 3 amide bonds. The van der Waals surface area contributed by atoms with Crippen molar-refractivity contribution in [2.24, 2.45) is 5.73 Å². The van der Waals surface area contributed by atoms with E-state index in [1.165, 1.54) is 0 Å². The molecule has 4 rings (SSSR count). The van der Waals surface area contributed by atoms with Gasteiger partial charge in [-0.3, -0.25) is 4.79 Å². The van der Waals surface area contributed by atoms with Crippen LogP contribution in [0, 0.1) is 0 Å². The molecular formula is C28H26N2O7. The monoisotopic (exact) mass is 502 g/mol. The number of rotatable bonds is 9. The lowest BCUT2D eigenvalue weighted by molar-refractivity contribution is -0.142.